The molecule has 2 atom stereocenters. The Morgan fingerprint density at radius 1 is 1.38 bits per heavy atom. The molecule has 0 aliphatic carbocycles. The van der Waals surface area contributed by atoms with Crippen molar-refractivity contribution in [3.8, 4) is 0 Å². The van der Waals surface area contributed by atoms with Crippen molar-refractivity contribution in [1.82, 2.24) is 0 Å². The van der Waals surface area contributed by atoms with E-state index in [0.29, 0.717) is 12.5 Å². The molecular formula is C12H20ClNOS. The fourth-order valence-electron chi connectivity index (χ4n) is 1.74. The van der Waals surface area contributed by atoms with E-state index in [1.165, 1.54) is 0 Å². The molecule has 1 aromatic rings. The first-order valence-corrected chi connectivity index (χ1v) is 6.83. The lowest BCUT2D eigenvalue weighted by Gasteiger charge is -2.21. The van der Waals surface area contributed by atoms with Crippen LogP contribution < -0.4 is 5.73 Å². The van der Waals surface area contributed by atoms with E-state index in [4.69, 9.17) is 22.1 Å². The summed E-state index contributed by atoms with van der Waals surface area (Å²) < 4.78 is 6.72. The molecule has 2 unspecified atom stereocenters. The van der Waals surface area contributed by atoms with E-state index in [1.807, 2.05) is 12.1 Å². The van der Waals surface area contributed by atoms with Crippen LogP contribution in [-0.4, -0.2) is 12.6 Å². The number of ether oxygens (including phenoxy) is 1. The largest absolute Gasteiger partial charge is 0.368 e. The molecule has 16 heavy (non-hydrogen) atoms. The van der Waals surface area contributed by atoms with Crippen LogP contribution in [0.1, 0.15) is 38.2 Å². The molecule has 92 valence electrons. The molecule has 0 aliphatic heterocycles. The third-order valence-corrected chi connectivity index (χ3v) is 3.65. The second-order valence-electron chi connectivity index (χ2n) is 4.44. The second kappa shape index (κ2) is 6.60. The maximum Gasteiger partial charge on any atom is 0.104 e. The van der Waals surface area contributed by atoms with Crippen molar-refractivity contribution in [2.75, 3.05) is 6.54 Å². The van der Waals surface area contributed by atoms with Gasteiger partial charge in [0.05, 0.1) is 10.4 Å². The van der Waals surface area contributed by atoms with Crippen molar-refractivity contribution in [1.29, 1.82) is 0 Å². The summed E-state index contributed by atoms with van der Waals surface area (Å²) in [4.78, 5) is 1.11. The summed E-state index contributed by atoms with van der Waals surface area (Å²) in [5, 5.41) is 0. The normalized spacial score (nSPS) is 15.4. The van der Waals surface area contributed by atoms with Crippen LogP contribution in [0, 0.1) is 5.92 Å². The third kappa shape index (κ3) is 4.42. The van der Waals surface area contributed by atoms with Gasteiger partial charge >= 0.3 is 0 Å². The summed E-state index contributed by atoms with van der Waals surface area (Å²) in [5.74, 6) is 0.639. The highest BCUT2D eigenvalue weighted by molar-refractivity contribution is 7.16. The van der Waals surface area contributed by atoms with E-state index in [0.717, 1.165) is 15.6 Å². The van der Waals surface area contributed by atoms with E-state index in [9.17, 15) is 0 Å². The summed E-state index contributed by atoms with van der Waals surface area (Å²) in [7, 11) is 0. The molecule has 0 fully saturated rings. The second-order valence-corrected chi connectivity index (χ2v) is 6.19. The Morgan fingerprint density at radius 3 is 2.50 bits per heavy atom. The first-order chi connectivity index (χ1) is 7.52. The number of nitrogens with two attached hydrogens (primary N) is 1. The van der Waals surface area contributed by atoms with Crippen LogP contribution in [0.2, 0.25) is 4.34 Å². The molecule has 1 rings (SSSR count). The molecule has 0 radical (unpaired) electrons. The molecule has 0 amide bonds. The van der Waals surface area contributed by atoms with E-state index < -0.39 is 0 Å². The van der Waals surface area contributed by atoms with Gasteiger partial charge in [-0.05, 0) is 31.4 Å². The minimum atomic E-state index is -0.0220. The molecule has 0 saturated heterocycles. The summed E-state index contributed by atoms with van der Waals surface area (Å²) in [6.45, 7) is 6.98. The molecular weight excluding hydrogens is 242 g/mol. The zero-order chi connectivity index (χ0) is 12.1. The van der Waals surface area contributed by atoms with E-state index in [2.05, 4.69) is 20.8 Å². The third-order valence-electron chi connectivity index (χ3n) is 2.33. The SMILES string of the molecule is CC(C)CC(C)OC(CN)c1ccc(Cl)s1. The first kappa shape index (κ1) is 14.0. The Morgan fingerprint density at radius 2 is 2.06 bits per heavy atom. The Labute approximate surface area is 107 Å². The lowest BCUT2D eigenvalue weighted by atomic mass is 10.1. The van der Waals surface area contributed by atoms with E-state index in [1.54, 1.807) is 11.3 Å². The fourth-order valence-corrected chi connectivity index (χ4v) is 2.85. The smallest absolute Gasteiger partial charge is 0.104 e. The lowest BCUT2D eigenvalue weighted by molar-refractivity contribution is -0.00658. The fraction of sp³-hybridized carbons (Fsp3) is 0.667. The van der Waals surface area contributed by atoms with Crippen molar-refractivity contribution in [2.45, 2.75) is 39.4 Å². The van der Waals surface area contributed by atoms with Gasteiger partial charge in [-0.15, -0.1) is 11.3 Å². The molecule has 2 nitrogen and oxygen atoms in total. The predicted molar refractivity (Wildman–Crippen MR) is 71.1 cm³/mol. The van der Waals surface area contributed by atoms with E-state index in [-0.39, 0.29) is 12.2 Å². The number of halogens is 1. The topological polar surface area (TPSA) is 35.2 Å². The molecule has 2 N–H and O–H groups in total. The number of hydrogen-bond donors (Lipinski definition) is 1. The number of thiophene rings is 1. The Bertz CT molecular complexity index is 314. The van der Waals surface area contributed by atoms with Crippen LogP contribution in [0.15, 0.2) is 12.1 Å². The zero-order valence-corrected chi connectivity index (χ0v) is 11.6. The van der Waals surface area contributed by atoms with Gasteiger partial charge in [-0.1, -0.05) is 25.4 Å². The Hall–Kier alpha value is -0.0900. The standard InChI is InChI=1S/C12H20ClNOS/c1-8(2)6-9(3)15-10(7-14)11-4-5-12(13)16-11/h4-5,8-10H,6-7,14H2,1-3H3. The van der Waals surface area contributed by atoms with Crippen molar-refractivity contribution in [3.05, 3.63) is 21.3 Å². The summed E-state index contributed by atoms with van der Waals surface area (Å²) in [6, 6.07) is 3.88. The molecule has 0 bridgehead atoms. The molecule has 0 aliphatic rings. The van der Waals surface area contributed by atoms with Gasteiger partial charge in [0.25, 0.3) is 0 Å². The quantitative estimate of drug-likeness (QED) is 0.844. The molecule has 0 spiro atoms. The highest BCUT2D eigenvalue weighted by atomic mass is 35.5. The zero-order valence-electron chi connectivity index (χ0n) is 10.1. The van der Waals surface area contributed by atoms with Gasteiger partial charge in [-0.3, -0.25) is 0 Å². The molecule has 1 heterocycles. The monoisotopic (exact) mass is 261 g/mol. The number of hydrogen-bond acceptors (Lipinski definition) is 3. The van der Waals surface area contributed by atoms with Crippen molar-refractivity contribution in [2.24, 2.45) is 11.7 Å². The lowest BCUT2D eigenvalue weighted by Crippen LogP contribution is -2.21. The van der Waals surface area contributed by atoms with Gasteiger partial charge in [0, 0.05) is 11.4 Å². The number of rotatable bonds is 6. The summed E-state index contributed by atoms with van der Waals surface area (Å²) >= 11 is 7.45. The Balaban J connectivity index is 2.55. The highest BCUT2D eigenvalue weighted by Crippen LogP contribution is 2.29. The van der Waals surface area contributed by atoms with Crippen LogP contribution in [0.4, 0.5) is 0 Å². The maximum atomic E-state index is 5.94. The minimum absolute atomic E-state index is 0.0220. The predicted octanol–water partition coefficient (Wildman–Crippen LogP) is 3.85. The van der Waals surface area contributed by atoms with Gasteiger partial charge in [0.1, 0.15) is 6.10 Å². The van der Waals surface area contributed by atoms with Gasteiger partial charge in [0.2, 0.25) is 0 Å². The summed E-state index contributed by atoms with van der Waals surface area (Å²) in [6.07, 6.45) is 1.26. The van der Waals surface area contributed by atoms with Crippen molar-refractivity contribution in [3.63, 3.8) is 0 Å². The van der Waals surface area contributed by atoms with Gasteiger partial charge < -0.3 is 10.5 Å². The molecule has 0 saturated carbocycles. The average Bonchev–Trinajstić information content (AvgIpc) is 2.60. The van der Waals surface area contributed by atoms with Crippen LogP contribution in [0.5, 0.6) is 0 Å². The van der Waals surface area contributed by atoms with Crippen LogP contribution in [-0.2, 0) is 4.74 Å². The van der Waals surface area contributed by atoms with Crippen LogP contribution in [0.25, 0.3) is 0 Å². The molecule has 1 aromatic heterocycles. The maximum absolute atomic E-state index is 5.94. The highest BCUT2D eigenvalue weighted by Gasteiger charge is 2.16. The van der Waals surface area contributed by atoms with Crippen LogP contribution >= 0.6 is 22.9 Å². The van der Waals surface area contributed by atoms with Crippen molar-refractivity contribution < 1.29 is 4.74 Å². The van der Waals surface area contributed by atoms with Gasteiger partial charge in [-0.2, -0.15) is 0 Å². The van der Waals surface area contributed by atoms with Crippen molar-refractivity contribution >= 4 is 22.9 Å². The van der Waals surface area contributed by atoms with Gasteiger partial charge in [-0.25, -0.2) is 0 Å². The molecule has 0 aromatic carbocycles. The minimum Gasteiger partial charge on any atom is -0.368 e. The first-order valence-electron chi connectivity index (χ1n) is 5.63. The average molecular weight is 262 g/mol. The summed E-state index contributed by atoms with van der Waals surface area (Å²) in [5.41, 5.74) is 5.73. The van der Waals surface area contributed by atoms with E-state index >= 15 is 0 Å². The van der Waals surface area contributed by atoms with Gasteiger partial charge in [0.15, 0.2) is 0 Å². The van der Waals surface area contributed by atoms with Crippen LogP contribution in [0.3, 0.4) is 0 Å². The Kier molecular flexibility index (Phi) is 5.76. The molecule has 4 heteroatoms.